The third kappa shape index (κ3) is 3.88. The Bertz CT molecular complexity index is 884. The molecular formula is C19H21N5O2. The van der Waals surface area contributed by atoms with Crippen LogP contribution in [0.2, 0.25) is 0 Å². The zero-order valence-electron chi connectivity index (χ0n) is 14.5. The first-order valence-corrected chi connectivity index (χ1v) is 8.85. The number of nitrogens with zero attached hydrogens (tertiary/aromatic N) is 5. The lowest BCUT2D eigenvalue weighted by atomic mass is 9.96. The highest BCUT2D eigenvalue weighted by Gasteiger charge is 2.21. The molecule has 26 heavy (non-hydrogen) atoms. The van der Waals surface area contributed by atoms with Crippen molar-refractivity contribution < 1.29 is 4.42 Å². The molecule has 4 heterocycles. The van der Waals surface area contributed by atoms with Crippen LogP contribution in [0.1, 0.15) is 18.7 Å². The van der Waals surface area contributed by atoms with Crippen molar-refractivity contribution in [2.24, 2.45) is 5.92 Å². The summed E-state index contributed by atoms with van der Waals surface area (Å²) in [7, 11) is 0. The molecule has 3 aromatic rings. The SMILES string of the molecule is O=c1cc(-c2ccncc2)ncn1CC1CCN(Cc2ncco2)CC1. The van der Waals surface area contributed by atoms with E-state index in [4.69, 9.17) is 4.42 Å². The predicted octanol–water partition coefficient (Wildman–Crippen LogP) is 2.21. The highest BCUT2D eigenvalue weighted by Crippen LogP contribution is 2.20. The number of hydrogen-bond acceptors (Lipinski definition) is 6. The Morgan fingerprint density at radius 1 is 1.12 bits per heavy atom. The van der Waals surface area contributed by atoms with Gasteiger partial charge in [0.15, 0.2) is 0 Å². The molecule has 0 bridgehead atoms. The number of oxazole rings is 1. The largest absolute Gasteiger partial charge is 0.448 e. The van der Waals surface area contributed by atoms with E-state index >= 15 is 0 Å². The van der Waals surface area contributed by atoms with Crippen molar-refractivity contribution in [2.75, 3.05) is 13.1 Å². The first-order valence-electron chi connectivity index (χ1n) is 8.85. The second-order valence-corrected chi connectivity index (χ2v) is 6.65. The van der Waals surface area contributed by atoms with Gasteiger partial charge in [0.25, 0.3) is 5.56 Å². The zero-order valence-corrected chi connectivity index (χ0v) is 14.5. The van der Waals surface area contributed by atoms with Crippen LogP contribution in [0.15, 0.2) is 58.6 Å². The first-order chi connectivity index (χ1) is 12.8. The van der Waals surface area contributed by atoms with Crippen LogP contribution < -0.4 is 5.56 Å². The average molecular weight is 351 g/mol. The van der Waals surface area contributed by atoms with E-state index in [-0.39, 0.29) is 5.56 Å². The molecule has 0 spiro atoms. The monoisotopic (exact) mass is 351 g/mol. The average Bonchev–Trinajstić information content (AvgIpc) is 3.19. The van der Waals surface area contributed by atoms with Crippen molar-refractivity contribution >= 4 is 0 Å². The molecule has 3 aromatic heterocycles. The lowest BCUT2D eigenvalue weighted by Crippen LogP contribution is -2.36. The van der Waals surface area contributed by atoms with Gasteiger partial charge in [-0.3, -0.25) is 19.2 Å². The Hall–Kier alpha value is -2.80. The van der Waals surface area contributed by atoms with E-state index in [1.54, 1.807) is 41.8 Å². The minimum Gasteiger partial charge on any atom is -0.448 e. The number of likely N-dealkylation sites (tertiary alicyclic amines) is 1. The quantitative estimate of drug-likeness (QED) is 0.701. The number of pyridine rings is 1. The predicted molar refractivity (Wildman–Crippen MR) is 96.2 cm³/mol. The molecule has 7 nitrogen and oxygen atoms in total. The lowest BCUT2D eigenvalue weighted by molar-refractivity contribution is 0.154. The number of hydrogen-bond donors (Lipinski definition) is 0. The molecule has 4 rings (SSSR count). The minimum absolute atomic E-state index is 0.00553. The molecule has 0 aromatic carbocycles. The Balaban J connectivity index is 1.35. The molecule has 0 aliphatic carbocycles. The molecule has 0 unspecified atom stereocenters. The Labute approximate surface area is 151 Å². The summed E-state index contributed by atoms with van der Waals surface area (Å²) in [5, 5.41) is 0. The van der Waals surface area contributed by atoms with Crippen molar-refractivity contribution in [2.45, 2.75) is 25.9 Å². The molecule has 134 valence electrons. The normalized spacial score (nSPS) is 16.0. The van der Waals surface area contributed by atoms with Crippen LogP contribution in [-0.4, -0.2) is 37.5 Å². The van der Waals surface area contributed by atoms with Crippen molar-refractivity contribution in [3.63, 3.8) is 0 Å². The number of rotatable bonds is 5. The van der Waals surface area contributed by atoms with Gasteiger partial charge in [-0.2, -0.15) is 0 Å². The topological polar surface area (TPSA) is 77.1 Å². The highest BCUT2D eigenvalue weighted by atomic mass is 16.3. The van der Waals surface area contributed by atoms with Gasteiger partial charge in [0.2, 0.25) is 5.89 Å². The highest BCUT2D eigenvalue weighted by molar-refractivity contribution is 5.57. The Morgan fingerprint density at radius 3 is 2.62 bits per heavy atom. The van der Waals surface area contributed by atoms with E-state index in [1.807, 2.05) is 12.1 Å². The van der Waals surface area contributed by atoms with Crippen LogP contribution >= 0.6 is 0 Å². The van der Waals surface area contributed by atoms with Crippen LogP contribution in [-0.2, 0) is 13.1 Å². The first kappa shape index (κ1) is 16.7. The van der Waals surface area contributed by atoms with Gasteiger partial charge in [0, 0.05) is 30.6 Å². The van der Waals surface area contributed by atoms with Crippen LogP contribution in [0.5, 0.6) is 0 Å². The molecule has 0 amide bonds. The van der Waals surface area contributed by atoms with Gasteiger partial charge in [0.05, 0.1) is 24.8 Å². The van der Waals surface area contributed by atoms with E-state index in [0.717, 1.165) is 50.5 Å². The summed E-state index contributed by atoms with van der Waals surface area (Å²) < 4.78 is 7.03. The summed E-state index contributed by atoms with van der Waals surface area (Å²) >= 11 is 0. The number of aromatic nitrogens is 4. The molecule has 7 heteroatoms. The van der Waals surface area contributed by atoms with E-state index in [2.05, 4.69) is 19.9 Å². The smallest absolute Gasteiger partial charge is 0.253 e. The molecule has 1 aliphatic rings. The molecular weight excluding hydrogens is 330 g/mol. The maximum Gasteiger partial charge on any atom is 0.253 e. The molecule has 0 N–H and O–H groups in total. The van der Waals surface area contributed by atoms with Crippen molar-refractivity contribution in [3.8, 4) is 11.3 Å². The summed E-state index contributed by atoms with van der Waals surface area (Å²) in [6, 6.07) is 5.32. The molecule has 0 atom stereocenters. The summed E-state index contributed by atoms with van der Waals surface area (Å²) in [5.41, 5.74) is 1.59. The van der Waals surface area contributed by atoms with Crippen LogP contribution in [0.3, 0.4) is 0 Å². The van der Waals surface area contributed by atoms with Gasteiger partial charge in [0.1, 0.15) is 6.26 Å². The minimum atomic E-state index is -0.00553. The van der Waals surface area contributed by atoms with E-state index in [9.17, 15) is 4.79 Å². The van der Waals surface area contributed by atoms with Crippen LogP contribution in [0.25, 0.3) is 11.3 Å². The van der Waals surface area contributed by atoms with Crippen molar-refractivity contribution in [1.29, 1.82) is 0 Å². The maximum atomic E-state index is 12.4. The van der Waals surface area contributed by atoms with Gasteiger partial charge < -0.3 is 4.42 Å². The van der Waals surface area contributed by atoms with Crippen LogP contribution in [0, 0.1) is 5.92 Å². The zero-order chi connectivity index (χ0) is 17.8. The Kier molecular flexibility index (Phi) is 4.88. The van der Waals surface area contributed by atoms with Gasteiger partial charge in [-0.25, -0.2) is 9.97 Å². The maximum absolute atomic E-state index is 12.4. The van der Waals surface area contributed by atoms with Crippen molar-refractivity contribution in [3.05, 3.63) is 65.6 Å². The summed E-state index contributed by atoms with van der Waals surface area (Å²) in [6.45, 7) is 3.45. The summed E-state index contributed by atoms with van der Waals surface area (Å²) in [4.78, 5) is 27.4. The van der Waals surface area contributed by atoms with Gasteiger partial charge >= 0.3 is 0 Å². The van der Waals surface area contributed by atoms with E-state index in [1.165, 1.54) is 0 Å². The molecule has 1 fully saturated rings. The second kappa shape index (κ2) is 7.61. The molecule has 0 saturated carbocycles. The fourth-order valence-electron chi connectivity index (χ4n) is 3.37. The lowest BCUT2D eigenvalue weighted by Gasteiger charge is -2.31. The fraction of sp³-hybridized carbons (Fsp3) is 0.368. The third-order valence-electron chi connectivity index (χ3n) is 4.86. The van der Waals surface area contributed by atoms with Gasteiger partial charge in [-0.15, -0.1) is 0 Å². The summed E-state index contributed by atoms with van der Waals surface area (Å²) in [5.74, 6) is 1.25. The molecule has 1 aliphatic heterocycles. The third-order valence-corrected chi connectivity index (χ3v) is 4.86. The molecule has 1 saturated heterocycles. The standard InChI is InChI=1S/C19H21N5O2/c25-19-11-17(16-1-5-20-6-2-16)22-14-24(19)12-15-3-8-23(9-4-15)13-18-21-7-10-26-18/h1-2,5-7,10-11,14-15H,3-4,8-9,12-13H2. The second-order valence-electron chi connectivity index (χ2n) is 6.65. The van der Waals surface area contributed by atoms with Crippen molar-refractivity contribution in [1.82, 2.24) is 24.4 Å². The fourth-order valence-corrected chi connectivity index (χ4v) is 3.37. The Morgan fingerprint density at radius 2 is 1.92 bits per heavy atom. The van der Waals surface area contributed by atoms with Gasteiger partial charge in [-0.05, 0) is 44.0 Å². The number of piperidine rings is 1. The summed E-state index contributed by atoms with van der Waals surface area (Å²) in [6.07, 6.45) is 10.5. The van der Waals surface area contributed by atoms with E-state index < -0.39 is 0 Å². The van der Waals surface area contributed by atoms with E-state index in [0.29, 0.717) is 11.6 Å². The van der Waals surface area contributed by atoms with Gasteiger partial charge in [-0.1, -0.05) is 0 Å². The van der Waals surface area contributed by atoms with Crippen LogP contribution in [0.4, 0.5) is 0 Å². The molecule has 0 radical (unpaired) electrons.